The second-order valence-corrected chi connectivity index (χ2v) is 7.37. The number of pyridine rings is 1. The molecule has 0 atom stereocenters. The maximum atomic E-state index is 12.8. The van der Waals surface area contributed by atoms with Crippen LogP contribution in [0.3, 0.4) is 0 Å². The number of hydrogen-bond donors (Lipinski definition) is 1. The Balaban J connectivity index is 1.86. The van der Waals surface area contributed by atoms with Crippen molar-refractivity contribution >= 4 is 28.7 Å². The number of hydrogen-bond acceptors (Lipinski definition) is 6. The highest BCUT2D eigenvalue weighted by Crippen LogP contribution is 2.33. The average Bonchev–Trinajstić information content (AvgIpc) is 3.03. The number of allylic oxidation sites excluding steroid dienone is 2. The molecule has 0 fully saturated rings. The van der Waals surface area contributed by atoms with Gasteiger partial charge in [0.2, 0.25) is 5.78 Å². The van der Waals surface area contributed by atoms with Gasteiger partial charge in [-0.1, -0.05) is 6.08 Å². The molecule has 2 aromatic heterocycles. The van der Waals surface area contributed by atoms with Crippen molar-refractivity contribution in [2.24, 2.45) is 0 Å². The number of rotatable bonds is 6. The number of ketones is 2. The zero-order chi connectivity index (χ0) is 18.7. The molecule has 26 heavy (non-hydrogen) atoms. The minimum absolute atomic E-state index is 0.0183. The average molecular weight is 368 g/mol. The molecular formula is C20H20N2O3S. The molecule has 2 aromatic rings. The van der Waals surface area contributed by atoms with E-state index in [1.807, 2.05) is 12.1 Å². The molecule has 1 aliphatic carbocycles. The van der Waals surface area contributed by atoms with Crippen molar-refractivity contribution in [2.45, 2.75) is 39.0 Å². The second-order valence-electron chi connectivity index (χ2n) is 6.28. The summed E-state index contributed by atoms with van der Waals surface area (Å²) in [6.45, 7) is 5.20. The quantitative estimate of drug-likeness (QED) is 0.475. The van der Waals surface area contributed by atoms with Crippen LogP contribution in [-0.2, 0) is 24.1 Å². The van der Waals surface area contributed by atoms with Crippen molar-refractivity contribution < 1.29 is 14.7 Å². The van der Waals surface area contributed by atoms with Crippen LogP contribution in [0.5, 0.6) is 0 Å². The number of Topliss-reactive ketones (excluding diaryl/α,β-unsaturated/α-hetero) is 2. The topological polar surface area (TPSA) is 80.2 Å². The molecule has 0 radical (unpaired) electrons. The minimum Gasteiger partial charge on any atom is -0.507 e. The number of nitrogens with zero attached hydrogens (tertiary/aromatic N) is 2. The lowest BCUT2D eigenvalue weighted by Crippen LogP contribution is -2.14. The largest absolute Gasteiger partial charge is 0.507 e. The van der Waals surface area contributed by atoms with Gasteiger partial charge in [-0.3, -0.25) is 14.6 Å². The third kappa shape index (κ3) is 3.80. The first-order valence-corrected chi connectivity index (χ1v) is 9.32. The molecule has 0 bridgehead atoms. The number of aryl methyl sites for hydroxylation is 2. The number of aliphatic hydroxyl groups excluding tert-OH is 1. The lowest BCUT2D eigenvalue weighted by Gasteiger charge is -2.14. The third-order valence-corrected chi connectivity index (χ3v) is 5.32. The van der Waals surface area contributed by atoms with Gasteiger partial charge in [-0.15, -0.1) is 17.9 Å². The standard InChI is InChI=1S/C20H20N2O3S/c1-3-4-5-14-7-6-13(11-21-14)18(24)15-8-9-16-20(19(15)25)26-17(22-16)10-12(2)23/h3,6-7,11,24H,1,4-5,8-10H2,2H3. The van der Waals surface area contributed by atoms with Crippen LogP contribution in [0.1, 0.15) is 51.4 Å². The molecule has 0 spiro atoms. The van der Waals surface area contributed by atoms with Crippen LogP contribution in [0, 0.1) is 0 Å². The molecule has 134 valence electrons. The van der Waals surface area contributed by atoms with E-state index < -0.39 is 0 Å². The fourth-order valence-electron chi connectivity index (χ4n) is 2.89. The summed E-state index contributed by atoms with van der Waals surface area (Å²) in [5.41, 5.74) is 2.56. The van der Waals surface area contributed by atoms with E-state index in [0.29, 0.717) is 33.9 Å². The van der Waals surface area contributed by atoms with Crippen molar-refractivity contribution in [1.82, 2.24) is 9.97 Å². The first-order chi connectivity index (χ1) is 12.5. The Morgan fingerprint density at radius 2 is 2.19 bits per heavy atom. The van der Waals surface area contributed by atoms with Crippen LogP contribution in [0.2, 0.25) is 0 Å². The Kier molecular flexibility index (Phi) is 5.42. The van der Waals surface area contributed by atoms with Gasteiger partial charge in [-0.2, -0.15) is 0 Å². The molecular weight excluding hydrogens is 348 g/mol. The van der Waals surface area contributed by atoms with Gasteiger partial charge in [0.1, 0.15) is 16.6 Å². The smallest absolute Gasteiger partial charge is 0.204 e. The molecule has 1 N–H and O–H groups in total. The fourth-order valence-corrected chi connectivity index (χ4v) is 4.04. The van der Waals surface area contributed by atoms with E-state index in [0.717, 1.165) is 24.2 Å². The summed E-state index contributed by atoms with van der Waals surface area (Å²) in [6, 6.07) is 3.64. The Morgan fingerprint density at radius 1 is 1.38 bits per heavy atom. The van der Waals surface area contributed by atoms with Crippen LogP contribution >= 0.6 is 11.3 Å². The molecule has 0 saturated heterocycles. The Bertz CT molecular complexity index is 894. The van der Waals surface area contributed by atoms with Gasteiger partial charge in [0, 0.05) is 23.0 Å². The van der Waals surface area contributed by atoms with Crippen molar-refractivity contribution in [3.63, 3.8) is 0 Å². The lowest BCUT2D eigenvalue weighted by molar-refractivity contribution is -0.116. The monoisotopic (exact) mass is 368 g/mol. The second kappa shape index (κ2) is 7.74. The predicted octanol–water partition coefficient (Wildman–Crippen LogP) is 3.89. The van der Waals surface area contributed by atoms with Gasteiger partial charge < -0.3 is 5.11 Å². The number of aliphatic hydroxyl groups is 1. The number of carbonyl (C=O) groups is 2. The summed E-state index contributed by atoms with van der Waals surface area (Å²) < 4.78 is 0. The first kappa shape index (κ1) is 18.2. The zero-order valence-corrected chi connectivity index (χ0v) is 15.4. The zero-order valence-electron chi connectivity index (χ0n) is 14.6. The van der Waals surface area contributed by atoms with Crippen molar-refractivity contribution in [2.75, 3.05) is 0 Å². The van der Waals surface area contributed by atoms with Gasteiger partial charge in [-0.25, -0.2) is 4.98 Å². The van der Waals surface area contributed by atoms with Gasteiger partial charge in [0.25, 0.3) is 0 Å². The Morgan fingerprint density at radius 3 is 2.85 bits per heavy atom. The summed E-state index contributed by atoms with van der Waals surface area (Å²) in [7, 11) is 0. The molecule has 3 rings (SSSR count). The van der Waals surface area contributed by atoms with E-state index in [-0.39, 0.29) is 23.7 Å². The summed E-state index contributed by atoms with van der Waals surface area (Å²) in [6.07, 6.45) is 6.32. The summed E-state index contributed by atoms with van der Waals surface area (Å²) >= 11 is 1.25. The fraction of sp³-hybridized carbons (Fsp3) is 0.300. The van der Waals surface area contributed by atoms with Crippen LogP contribution in [0.4, 0.5) is 0 Å². The first-order valence-electron chi connectivity index (χ1n) is 8.50. The van der Waals surface area contributed by atoms with E-state index in [4.69, 9.17) is 0 Å². The van der Waals surface area contributed by atoms with Crippen LogP contribution in [-0.4, -0.2) is 26.6 Å². The molecule has 2 heterocycles. The SMILES string of the molecule is C=CCCc1ccc(C(O)=C2CCc3nc(CC(C)=O)sc3C2=O)cn1. The van der Waals surface area contributed by atoms with Crippen LogP contribution in [0.25, 0.3) is 5.76 Å². The number of carbonyl (C=O) groups excluding carboxylic acids is 2. The predicted molar refractivity (Wildman–Crippen MR) is 101 cm³/mol. The minimum atomic E-state index is -0.202. The highest BCUT2D eigenvalue weighted by Gasteiger charge is 2.29. The van der Waals surface area contributed by atoms with Gasteiger partial charge in [-0.05, 0) is 44.7 Å². The van der Waals surface area contributed by atoms with Crippen molar-refractivity contribution in [3.05, 3.63) is 63.4 Å². The molecule has 1 aliphatic rings. The highest BCUT2D eigenvalue weighted by atomic mass is 32.1. The van der Waals surface area contributed by atoms with E-state index in [1.54, 1.807) is 12.3 Å². The van der Waals surface area contributed by atoms with E-state index in [1.165, 1.54) is 18.3 Å². The number of fused-ring (bicyclic) bond motifs is 1. The molecule has 5 nitrogen and oxygen atoms in total. The lowest BCUT2D eigenvalue weighted by atomic mass is 9.93. The number of aromatic nitrogens is 2. The maximum Gasteiger partial charge on any atom is 0.204 e. The van der Waals surface area contributed by atoms with Crippen molar-refractivity contribution in [1.29, 1.82) is 0 Å². The molecule has 0 amide bonds. The Labute approximate surface area is 156 Å². The molecule has 0 unspecified atom stereocenters. The molecule has 0 aromatic carbocycles. The van der Waals surface area contributed by atoms with Gasteiger partial charge >= 0.3 is 0 Å². The summed E-state index contributed by atoms with van der Waals surface area (Å²) in [5, 5.41) is 11.3. The Hall–Kier alpha value is -2.60. The maximum absolute atomic E-state index is 12.8. The van der Waals surface area contributed by atoms with E-state index in [2.05, 4.69) is 16.5 Å². The highest BCUT2D eigenvalue weighted by molar-refractivity contribution is 7.14. The third-order valence-electron chi connectivity index (χ3n) is 4.22. The van der Waals surface area contributed by atoms with Crippen LogP contribution < -0.4 is 0 Å². The van der Waals surface area contributed by atoms with Gasteiger partial charge in [0.15, 0.2) is 0 Å². The van der Waals surface area contributed by atoms with E-state index in [9.17, 15) is 14.7 Å². The molecule has 6 heteroatoms. The summed E-state index contributed by atoms with van der Waals surface area (Å²) in [5.74, 6) is -0.207. The van der Waals surface area contributed by atoms with Crippen molar-refractivity contribution in [3.8, 4) is 0 Å². The molecule has 0 aliphatic heterocycles. The normalized spacial score (nSPS) is 15.5. The molecule has 0 saturated carbocycles. The number of thiazole rings is 1. The van der Waals surface area contributed by atoms with Gasteiger partial charge in [0.05, 0.1) is 17.0 Å². The summed E-state index contributed by atoms with van der Waals surface area (Å²) in [4.78, 5) is 33.3. The van der Waals surface area contributed by atoms with E-state index >= 15 is 0 Å². The van der Waals surface area contributed by atoms with Crippen LogP contribution in [0.15, 0.2) is 36.6 Å².